The van der Waals surface area contributed by atoms with Gasteiger partial charge >= 0.3 is 0 Å². The molecule has 0 saturated heterocycles. The van der Waals surface area contributed by atoms with E-state index in [4.69, 9.17) is 21.6 Å². The van der Waals surface area contributed by atoms with Gasteiger partial charge in [0, 0.05) is 109 Å². The highest BCUT2D eigenvalue weighted by Crippen LogP contribution is 2.45. The molecule has 0 amide bonds. The van der Waals surface area contributed by atoms with E-state index in [0.717, 1.165) is 70.2 Å². The minimum Gasteiger partial charge on any atom is -0.355 e. The molecule has 0 radical (unpaired) electrons. The van der Waals surface area contributed by atoms with E-state index >= 15 is 0 Å². The Morgan fingerprint density at radius 3 is 0.917 bits per heavy atom. The number of rotatable bonds is 5. The summed E-state index contributed by atoms with van der Waals surface area (Å²) in [7, 11) is 0. The Kier molecular flexibility index (Phi) is 14.3. The first-order valence-electron chi connectivity index (χ1n) is 37.1. The summed E-state index contributed by atoms with van der Waals surface area (Å²) in [6.45, 7) is 0. The van der Waals surface area contributed by atoms with Crippen molar-refractivity contribution in [3.63, 3.8) is 0 Å². The molecule has 6 nitrogen and oxygen atoms in total. The number of aromatic nitrogens is 6. The molecule has 24 aromatic rings. The number of benzene rings is 18. The first kappa shape index (κ1) is 62.2. The van der Waals surface area contributed by atoms with Crippen LogP contribution in [-0.4, -0.2) is 28.7 Å². The summed E-state index contributed by atoms with van der Waals surface area (Å²) in [4.78, 5) is 14.0. The number of nitrogens with zero attached hydrogens (tertiary/aromatic N) is 5. The molecule has 6 aromatic heterocycles. The van der Waals surface area contributed by atoms with E-state index in [1.165, 1.54) is 148 Å². The Balaban J connectivity index is 0.000000112. The minimum absolute atomic E-state index is 0.779. The molecule has 1 N–H and O–H groups in total. The number of para-hydroxylation sites is 6. The van der Waals surface area contributed by atoms with E-state index in [1.54, 1.807) is 0 Å². The number of aromatic amines is 1. The minimum atomic E-state index is 0.779. The molecule has 109 heavy (non-hydrogen) atoms. The normalized spacial score (nSPS) is 11.9. The molecule has 0 aliphatic heterocycles. The topological polar surface area (TPSA) is 56.4 Å². The number of H-pyrrole nitrogens is 1. The largest absolute Gasteiger partial charge is 0.355 e. The molecule has 0 unspecified atom stereocenters. The van der Waals surface area contributed by atoms with Gasteiger partial charge in [-0.2, -0.15) is 0 Å². The molecule has 508 valence electrons. The van der Waals surface area contributed by atoms with Crippen molar-refractivity contribution in [2.75, 3.05) is 0 Å². The van der Waals surface area contributed by atoms with Gasteiger partial charge in [-0.3, -0.25) is 0 Å². The highest BCUT2D eigenvalue weighted by atomic mass is 35.5. The predicted molar refractivity (Wildman–Crippen MR) is 463 cm³/mol. The van der Waals surface area contributed by atoms with Crippen molar-refractivity contribution < 1.29 is 0 Å². The van der Waals surface area contributed by atoms with Gasteiger partial charge in [-0.1, -0.05) is 291 Å². The molecular formula is C102H63ClN6. The molecule has 0 aliphatic rings. The zero-order chi connectivity index (χ0) is 71.8. The van der Waals surface area contributed by atoms with Gasteiger partial charge in [-0.15, -0.1) is 0 Å². The van der Waals surface area contributed by atoms with Crippen LogP contribution in [0.3, 0.4) is 0 Å². The summed E-state index contributed by atoms with van der Waals surface area (Å²) in [6, 6.07) is 135. The maximum absolute atomic E-state index is 6.74. The van der Waals surface area contributed by atoms with Crippen LogP contribution < -0.4 is 0 Å². The number of fused-ring (bicyclic) bond motifs is 24. The molecule has 18 aromatic carbocycles. The number of halogens is 1. The van der Waals surface area contributed by atoms with Gasteiger partial charge < -0.3 is 18.7 Å². The molecule has 6 heterocycles. The Morgan fingerprint density at radius 1 is 0.202 bits per heavy atom. The fourth-order valence-electron chi connectivity index (χ4n) is 17.4. The summed E-state index contributed by atoms with van der Waals surface area (Å²) in [6.07, 6.45) is 0. The summed E-state index contributed by atoms with van der Waals surface area (Å²) < 4.78 is 7.22. The van der Waals surface area contributed by atoms with Crippen LogP contribution >= 0.6 is 11.6 Å². The fraction of sp³-hybridized carbons (Fsp3) is 0. The van der Waals surface area contributed by atoms with Crippen LogP contribution in [0.2, 0.25) is 5.02 Å². The van der Waals surface area contributed by atoms with Crippen molar-refractivity contribution in [1.29, 1.82) is 0 Å². The van der Waals surface area contributed by atoms with Gasteiger partial charge in [0.05, 0.1) is 65.9 Å². The van der Waals surface area contributed by atoms with Crippen molar-refractivity contribution in [2.45, 2.75) is 0 Å². The molecule has 24 rings (SSSR count). The van der Waals surface area contributed by atoms with Crippen LogP contribution in [0.1, 0.15) is 0 Å². The highest BCUT2D eigenvalue weighted by molar-refractivity contribution is 6.42. The van der Waals surface area contributed by atoms with Gasteiger partial charge in [0.15, 0.2) is 0 Å². The Morgan fingerprint density at radius 2 is 0.495 bits per heavy atom. The number of hydrogen-bond acceptors (Lipinski definition) is 2. The van der Waals surface area contributed by atoms with Crippen LogP contribution in [0, 0.1) is 0 Å². The molecular weight excluding hydrogens is 1340 g/mol. The lowest BCUT2D eigenvalue weighted by Crippen LogP contribution is -1.99. The van der Waals surface area contributed by atoms with Crippen molar-refractivity contribution >= 4 is 186 Å². The summed E-state index contributed by atoms with van der Waals surface area (Å²) in [5.41, 5.74) is 22.0. The molecule has 7 heteroatoms. The van der Waals surface area contributed by atoms with Gasteiger partial charge in [-0.05, 0) is 141 Å². The first-order chi connectivity index (χ1) is 54.0. The van der Waals surface area contributed by atoms with Crippen molar-refractivity contribution in [3.05, 3.63) is 381 Å². The molecule has 0 saturated carbocycles. The van der Waals surface area contributed by atoms with Crippen LogP contribution in [0.15, 0.2) is 376 Å². The second kappa shape index (κ2) is 25.0. The third-order valence-electron chi connectivity index (χ3n) is 22.5. The van der Waals surface area contributed by atoms with Crippen molar-refractivity contribution in [1.82, 2.24) is 28.7 Å². The Bertz CT molecular complexity index is 7690. The van der Waals surface area contributed by atoms with Gasteiger partial charge in [0.1, 0.15) is 0 Å². The van der Waals surface area contributed by atoms with Crippen molar-refractivity contribution in [3.8, 4) is 39.3 Å². The van der Waals surface area contributed by atoms with E-state index in [2.05, 4.69) is 371 Å². The predicted octanol–water partition coefficient (Wildman–Crippen LogP) is 28.0. The van der Waals surface area contributed by atoms with Gasteiger partial charge in [0.25, 0.3) is 0 Å². The lowest BCUT2D eigenvalue weighted by molar-refractivity contribution is 1.18. The number of pyridine rings is 2. The monoisotopic (exact) mass is 1410 g/mol. The van der Waals surface area contributed by atoms with E-state index in [1.807, 2.05) is 24.3 Å². The second-order valence-corrected chi connectivity index (χ2v) is 28.9. The van der Waals surface area contributed by atoms with Crippen molar-refractivity contribution in [2.24, 2.45) is 0 Å². The molecule has 0 aliphatic carbocycles. The average Bonchev–Trinajstić information content (AvgIpc) is 1.61. The maximum atomic E-state index is 6.74. The van der Waals surface area contributed by atoms with Crippen LogP contribution in [0.4, 0.5) is 0 Å². The fourth-order valence-corrected chi connectivity index (χ4v) is 17.7. The first-order valence-corrected chi connectivity index (χ1v) is 37.5. The standard InChI is InChI=1S/C51H31N3.C30H20N2.C21H12ClN/c1-2-14-36(15-3-1)53-45-20-10-8-18-39(45)43-30-34(24-28-47(43)53)35-25-29-48-44(31-35)40-19-9-11-21-46(40)54(48)51-41-26-22-32-12-4-6-16-37(32)49(41)52-50-38-17-7-5-13-33(38)23-27-42(50)51;1-2-8-22(9-3-1)32-29-13-7-5-11-24(29)26-19-21(15-17-30(26)32)20-14-16-28-25(18-20)23-10-4-6-12-27(23)31-28;22-19-17-11-9-13-5-1-3-7-15(13)20(17)23-21-16-8-4-2-6-14(16)10-12-18(19)21/h1-31H;1-19,31H;1-12H. The van der Waals surface area contributed by atoms with E-state index in [-0.39, 0.29) is 0 Å². The number of nitrogens with one attached hydrogen (secondary N) is 1. The van der Waals surface area contributed by atoms with Gasteiger partial charge in [0.2, 0.25) is 0 Å². The quantitative estimate of drug-likeness (QED) is 0.138. The summed E-state index contributed by atoms with van der Waals surface area (Å²) >= 11 is 6.74. The third-order valence-corrected chi connectivity index (χ3v) is 22.9. The number of hydrogen-bond donors (Lipinski definition) is 1. The Labute approximate surface area is 630 Å². The zero-order valence-corrected chi connectivity index (χ0v) is 59.7. The molecule has 0 spiro atoms. The summed E-state index contributed by atoms with van der Waals surface area (Å²) in [5.74, 6) is 0. The lowest BCUT2D eigenvalue weighted by atomic mass is 9.99. The SMILES string of the molecule is Clc1c2ccc3ccccc3c2nc2c1ccc1ccccc12.c1ccc(-n2c3ccccc3c3cc(-c4ccc5[nH]c6ccccc6c5c4)ccc32)cc1.c1ccc(-n2c3ccccc3c3cc(-c4ccc5c(c4)c4ccccc4n5-c4c5ccc6ccccc6c5nc5c4ccc4ccccc45)ccc32)cc1. The third kappa shape index (κ3) is 9.96. The Hall–Kier alpha value is -14.2. The van der Waals surface area contributed by atoms with E-state index in [0.29, 0.717) is 0 Å². The molecule has 0 atom stereocenters. The molecule has 0 bridgehead atoms. The lowest BCUT2D eigenvalue weighted by Gasteiger charge is -2.17. The smallest absolute Gasteiger partial charge is 0.0809 e. The summed E-state index contributed by atoms with van der Waals surface area (Å²) in [5, 5.41) is 24.5. The van der Waals surface area contributed by atoms with E-state index < -0.39 is 0 Å². The van der Waals surface area contributed by atoms with E-state index in [9.17, 15) is 0 Å². The average molecular weight is 1410 g/mol. The zero-order valence-electron chi connectivity index (χ0n) is 58.9. The highest BCUT2D eigenvalue weighted by Gasteiger charge is 2.23. The maximum Gasteiger partial charge on any atom is 0.0809 e. The van der Waals surface area contributed by atoms with Gasteiger partial charge in [-0.25, -0.2) is 9.97 Å². The van der Waals surface area contributed by atoms with Crippen LogP contribution in [0.5, 0.6) is 0 Å². The second-order valence-electron chi connectivity index (χ2n) is 28.5. The molecule has 0 fully saturated rings. The van der Waals surface area contributed by atoms with Crippen LogP contribution in [0.25, 0.3) is 213 Å². The van der Waals surface area contributed by atoms with Crippen LogP contribution in [-0.2, 0) is 0 Å².